The van der Waals surface area contributed by atoms with Gasteiger partial charge < -0.3 is 0 Å². The Bertz CT molecular complexity index is 2290. The average Bonchev–Trinajstić information content (AvgIpc) is 3.27. The summed E-state index contributed by atoms with van der Waals surface area (Å²) >= 11 is 0. The molecule has 0 N–H and O–H groups in total. The highest BCUT2D eigenvalue weighted by Gasteiger charge is 2.24. The Morgan fingerprint density at radius 1 is 0.383 bits per heavy atom. The molecule has 0 saturated carbocycles. The fraction of sp³-hybridized carbons (Fsp3) is 0. The van der Waals surface area contributed by atoms with Gasteiger partial charge in [-0.15, -0.1) is 0 Å². The molecular formula is C44H29N3. The first-order valence-corrected chi connectivity index (χ1v) is 15.9. The minimum absolute atomic E-state index is 0.844. The zero-order chi connectivity index (χ0) is 31.2. The summed E-state index contributed by atoms with van der Waals surface area (Å²) in [5, 5.41) is 2.47. The predicted molar refractivity (Wildman–Crippen MR) is 195 cm³/mol. The fourth-order valence-corrected chi connectivity index (χ4v) is 6.92. The third-order valence-corrected chi connectivity index (χ3v) is 9.18. The van der Waals surface area contributed by atoms with Crippen molar-refractivity contribution in [3.05, 3.63) is 176 Å². The number of nitrogens with zero attached hydrogens (tertiary/aromatic N) is 3. The second kappa shape index (κ2) is 11.2. The molecule has 0 bridgehead atoms. The Kier molecular flexibility index (Phi) is 6.46. The van der Waals surface area contributed by atoms with Gasteiger partial charge in [-0.05, 0) is 91.7 Å². The van der Waals surface area contributed by atoms with E-state index in [2.05, 4.69) is 168 Å². The summed E-state index contributed by atoms with van der Waals surface area (Å²) in [6, 6.07) is 56.0. The van der Waals surface area contributed by atoms with Crippen molar-refractivity contribution >= 4 is 28.0 Å². The predicted octanol–water partition coefficient (Wildman–Crippen LogP) is 11.7. The van der Waals surface area contributed by atoms with Crippen LogP contribution in [0, 0.1) is 0 Å². The van der Waals surface area contributed by atoms with Crippen molar-refractivity contribution in [1.82, 2.24) is 9.97 Å². The molecule has 0 radical (unpaired) electrons. The zero-order valence-corrected chi connectivity index (χ0v) is 25.6. The third kappa shape index (κ3) is 4.68. The monoisotopic (exact) mass is 599 g/mol. The molecule has 0 aliphatic heterocycles. The summed E-state index contributed by atoms with van der Waals surface area (Å²) < 4.78 is 0. The van der Waals surface area contributed by atoms with E-state index in [0.717, 1.165) is 33.9 Å². The van der Waals surface area contributed by atoms with Crippen molar-refractivity contribution in [2.45, 2.75) is 0 Å². The molecule has 3 heteroatoms. The average molecular weight is 600 g/mol. The minimum Gasteiger partial charge on any atom is -0.295 e. The van der Waals surface area contributed by atoms with Gasteiger partial charge in [-0.25, -0.2) is 4.98 Å². The number of aromatic nitrogens is 2. The molecule has 220 valence electrons. The van der Waals surface area contributed by atoms with E-state index in [4.69, 9.17) is 4.98 Å². The van der Waals surface area contributed by atoms with E-state index in [1.807, 2.05) is 18.6 Å². The van der Waals surface area contributed by atoms with Crippen LogP contribution in [-0.4, -0.2) is 9.97 Å². The molecule has 2 aromatic heterocycles. The number of fused-ring (bicyclic) bond motifs is 5. The third-order valence-electron chi connectivity index (χ3n) is 9.18. The number of hydrogen-bond donors (Lipinski definition) is 0. The van der Waals surface area contributed by atoms with E-state index in [9.17, 15) is 0 Å². The van der Waals surface area contributed by atoms with E-state index >= 15 is 0 Å². The highest BCUT2D eigenvalue weighted by Crippen LogP contribution is 2.48. The lowest BCUT2D eigenvalue weighted by molar-refractivity contribution is 1.18. The van der Waals surface area contributed by atoms with E-state index < -0.39 is 0 Å². The van der Waals surface area contributed by atoms with Crippen molar-refractivity contribution in [1.29, 1.82) is 0 Å². The molecule has 0 amide bonds. The largest absolute Gasteiger partial charge is 0.295 e. The van der Waals surface area contributed by atoms with Gasteiger partial charge in [-0.1, -0.05) is 121 Å². The Hall–Kier alpha value is -6.32. The summed E-state index contributed by atoms with van der Waals surface area (Å²) in [7, 11) is 0. The second-order valence-corrected chi connectivity index (χ2v) is 11.9. The summed E-state index contributed by atoms with van der Waals surface area (Å²) in [6.07, 6.45) is 5.93. The van der Waals surface area contributed by atoms with Gasteiger partial charge in [0.15, 0.2) is 0 Å². The van der Waals surface area contributed by atoms with Gasteiger partial charge in [0.1, 0.15) is 5.82 Å². The molecular weight excluding hydrogens is 571 g/mol. The SMILES string of the molecule is c1ccc(-c2ccc(N(c3ccc(-c4ccccc4)cc3)c3cc4c(cn3)-c3cccc5cccc(c35)-c3ccncc3-4)cc2)cc1. The quantitative estimate of drug-likeness (QED) is 0.197. The molecule has 47 heavy (non-hydrogen) atoms. The van der Waals surface area contributed by atoms with Crippen LogP contribution in [0.1, 0.15) is 0 Å². The lowest BCUT2D eigenvalue weighted by Crippen LogP contribution is -2.12. The van der Waals surface area contributed by atoms with Crippen molar-refractivity contribution < 1.29 is 0 Å². The zero-order valence-electron chi connectivity index (χ0n) is 25.6. The maximum atomic E-state index is 5.19. The van der Waals surface area contributed by atoms with Crippen molar-refractivity contribution in [3.8, 4) is 55.6 Å². The van der Waals surface area contributed by atoms with Gasteiger partial charge in [0.05, 0.1) is 0 Å². The Labute approximate surface area is 274 Å². The van der Waals surface area contributed by atoms with Gasteiger partial charge in [0, 0.05) is 41.1 Å². The first-order valence-electron chi connectivity index (χ1n) is 15.9. The van der Waals surface area contributed by atoms with Gasteiger partial charge in [0.25, 0.3) is 0 Å². The molecule has 0 spiro atoms. The standard InChI is InChI=1S/C44H29N3/c1-3-9-30(10-4-1)32-17-21-35(22-18-32)47(36-23-19-33(20-24-36)31-11-5-2-6-12-31)43-27-40-41-28-45-26-25-37(41)38-15-7-13-34-14-8-16-39(44(34)38)42(40)29-46-43/h1-29H. The first-order chi connectivity index (χ1) is 23.3. The van der Waals surface area contributed by atoms with Crippen LogP contribution in [-0.2, 0) is 0 Å². The van der Waals surface area contributed by atoms with Crippen LogP contribution in [0.25, 0.3) is 66.4 Å². The van der Waals surface area contributed by atoms with E-state index in [1.165, 1.54) is 49.7 Å². The molecule has 0 fully saturated rings. The van der Waals surface area contributed by atoms with Crippen molar-refractivity contribution in [2.24, 2.45) is 0 Å². The second-order valence-electron chi connectivity index (χ2n) is 11.9. The molecule has 1 aliphatic carbocycles. The van der Waals surface area contributed by atoms with Crippen LogP contribution in [0.2, 0.25) is 0 Å². The fourth-order valence-electron chi connectivity index (χ4n) is 6.92. The molecule has 3 nitrogen and oxygen atoms in total. The molecule has 6 aromatic carbocycles. The van der Waals surface area contributed by atoms with Crippen LogP contribution in [0.15, 0.2) is 176 Å². The first kappa shape index (κ1) is 27.0. The summed E-state index contributed by atoms with van der Waals surface area (Å²) in [4.78, 5) is 12.0. The van der Waals surface area contributed by atoms with Gasteiger partial charge in [-0.2, -0.15) is 0 Å². The molecule has 1 aliphatic rings. The maximum Gasteiger partial charge on any atom is 0.138 e. The lowest BCUT2D eigenvalue weighted by Gasteiger charge is -2.26. The molecule has 0 saturated heterocycles. The highest BCUT2D eigenvalue weighted by molar-refractivity contribution is 6.13. The minimum atomic E-state index is 0.844. The van der Waals surface area contributed by atoms with Crippen molar-refractivity contribution in [2.75, 3.05) is 4.90 Å². The normalized spacial score (nSPS) is 11.4. The Morgan fingerprint density at radius 3 is 1.51 bits per heavy atom. The summed E-state index contributed by atoms with van der Waals surface area (Å²) in [6.45, 7) is 0. The molecule has 2 heterocycles. The van der Waals surface area contributed by atoms with E-state index in [1.54, 1.807) is 0 Å². The summed E-state index contributed by atoms with van der Waals surface area (Å²) in [5.74, 6) is 0.844. The van der Waals surface area contributed by atoms with Gasteiger partial charge in [-0.3, -0.25) is 9.88 Å². The van der Waals surface area contributed by atoms with Crippen LogP contribution < -0.4 is 4.90 Å². The number of benzene rings is 6. The van der Waals surface area contributed by atoms with Gasteiger partial charge in [0.2, 0.25) is 0 Å². The highest BCUT2D eigenvalue weighted by atomic mass is 15.2. The van der Waals surface area contributed by atoms with E-state index in [-0.39, 0.29) is 0 Å². The lowest BCUT2D eigenvalue weighted by atomic mass is 9.95. The Morgan fingerprint density at radius 2 is 0.915 bits per heavy atom. The molecule has 8 aromatic rings. The smallest absolute Gasteiger partial charge is 0.138 e. The van der Waals surface area contributed by atoms with Crippen LogP contribution >= 0.6 is 0 Å². The molecule has 0 unspecified atom stereocenters. The molecule has 0 atom stereocenters. The number of anilines is 3. The number of hydrogen-bond acceptors (Lipinski definition) is 3. The van der Waals surface area contributed by atoms with Crippen LogP contribution in [0.3, 0.4) is 0 Å². The maximum absolute atomic E-state index is 5.19. The van der Waals surface area contributed by atoms with Crippen molar-refractivity contribution in [3.63, 3.8) is 0 Å². The number of rotatable bonds is 5. The topological polar surface area (TPSA) is 29.0 Å². The van der Waals surface area contributed by atoms with E-state index in [0.29, 0.717) is 0 Å². The van der Waals surface area contributed by atoms with Crippen LogP contribution in [0.4, 0.5) is 17.2 Å². The molecule has 9 rings (SSSR count). The summed E-state index contributed by atoms with van der Waals surface area (Å²) in [5.41, 5.74) is 13.7. The van der Waals surface area contributed by atoms with Gasteiger partial charge >= 0.3 is 0 Å². The van der Waals surface area contributed by atoms with Crippen LogP contribution in [0.5, 0.6) is 0 Å². The Balaban J connectivity index is 1.23. The number of pyridine rings is 2.